The topological polar surface area (TPSA) is 63.0 Å². The molecule has 0 saturated carbocycles. The van der Waals surface area contributed by atoms with Crippen molar-refractivity contribution in [1.29, 1.82) is 0 Å². The van der Waals surface area contributed by atoms with Crippen molar-refractivity contribution < 1.29 is 8.83 Å². The average molecular weight is 618 g/mol. The first kappa shape index (κ1) is 26.7. The van der Waals surface area contributed by atoms with Crippen molar-refractivity contribution in [2.75, 3.05) is 0 Å². The molecule has 226 valence electrons. The summed E-state index contributed by atoms with van der Waals surface area (Å²) >= 11 is 0. The maximum atomic E-state index is 6.43. The van der Waals surface area contributed by atoms with Gasteiger partial charge in [-0.25, -0.2) is 9.98 Å². The fourth-order valence-electron chi connectivity index (χ4n) is 7.06. The molecule has 0 saturated heterocycles. The molecule has 0 amide bonds. The van der Waals surface area contributed by atoms with Gasteiger partial charge in [0.05, 0.1) is 0 Å². The van der Waals surface area contributed by atoms with Crippen LogP contribution in [-0.4, -0.2) is 11.7 Å². The van der Waals surface area contributed by atoms with Crippen LogP contribution in [0.3, 0.4) is 0 Å². The molecule has 3 heterocycles. The Bertz CT molecular complexity index is 2770. The molecule has 5 heteroatoms. The quantitative estimate of drug-likeness (QED) is 0.214. The number of hydrogen-bond acceptors (Lipinski definition) is 5. The summed E-state index contributed by atoms with van der Waals surface area (Å²) in [5.41, 5.74) is 8.48. The van der Waals surface area contributed by atoms with E-state index in [2.05, 4.69) is 115 Å². The molecule has 0 aliphatic carbocycles. The van der Waals surface area contributed by atoms with Crippen molar-refractivity contribution in [3.8, 4) is 11.1 Å². The highest BCUT2D eigenvalue weighted by Gasteiger charge is 2.27. The standard InChI is InChI=1S/C43H27N3O2/c1-2-11-27(12-3-1)41-44-42(30-19-18-26-10-4-5-13-28(26)24-30)46-43(45-41)40-31(21-23-38-39(40)33-15-7-9-17-36(33)48-38)29-20-22-37-34(25-29)32-14-6-8-16-35(32)47-37/h1-25,43H,(H,44,45,46). The summed E-state index contributed by atoms with van der Waals surface area (Å²) in [7, 11) is 0. The molecule has 1 atom stereocenters. The van der Waals surface area contributed by atoms with E-state index >= 15 is 0 Å². The van der Waals surface area contributed by atoms with E-state index in [-0.39, 0.29) is 0 Å². The second-order valence-electron chi connectivity index (χ2n) is 12.2. The maximum Gasteiger partial charge on any atom is 0.171 e. The lowest BCUT2D eigenvalue weighted by Gasteiger charge is -2.24. The number of rotatable bonds is 4. The third-order valence-electron chi connectivity index (χ3n) is 9.34. The number of para-hydroxylation sites is 2. The molecule has 1 unspecified atom stereocenters. The van der Waals surface area contributed by atoms with E-state index in [1.54, 1.807) is 0 Å². The molecule has 48 heavy (non-hydrogen) atoms. The normalized spacial score (nSPS) is 14.9. The van der Waals surface area contributed by atoms with Crippen molar-refractivity contribution in [1.82, 2.24) is 5.32 Å². The van der Waals surface area contributed by atoms with Crippen molar-refractivity contribution in [2.24, 2.45) is 9.98 Å². The zero-order valence-electron chi connectivity index (χ0n) is 25.7. The molecule has 1 aliphatic heterocycles. The summed E-state index contributed by atoms with van der Waals surface area (Å²) < 4.78 is 12.6. The fraction of sp³-hybridized carbons (Fsp3) is 0.0233. The third kappa shape index (κ3) is 4.25. The molecule has 0 radical (unpaired) electrons. The van der Waals surface area contributed by atoms with Crippen LogP contribution >= 0.6 is 0 Å². The van der Waals surface area contributed by atoms with Gasteiger partial charge in [0.2, 0.25) is 0 Å². The minimum Gasteiger partial charge on any atom is -0.456 e. The van der Waals surface area contributed by atoms with Crippen LogP contribution in [0.2, 0.25) is 0 Å². The Labute approximate surface area is 275 Å². The van der Waals surface area contributed by atoms with E-state index in [1.807, 2.05) is 42.5 Å². The predicted molar refractivity (Wildman–Crippen MR) is 196 cm³/mol. The zero-order valence-corrected chi connectivity index (χ0v) is 25.7. The summed E-state index contributed by atoms with van der Waals surface area (Å²) in [6.07, 6.45) is -0.556. The smallest absolute Gasteiger partial charge is 0.171 e. The molecule has 10 rings (SSSR count). The molecule has 0 bridgehead atoms. The molecular formula is C43H27N3O2. The number of nitrogens with one attached hydrogen (secondary N) is 1. The monoisotopic (exact) mass is 617 g/mol. The SMILES string of the molecule is c1ccc(C2=NC(c3c(-c4ccc5oc6ccccc6c5c4)ccc4oc5ccccc5c34)N=C(c3ccc4ccccc4c3)N2)cc1. The summed E-state index contributed by atoms with van der Waals surface area (Å²) in [6.45, 7) is 0. The van der Waals surface area contributed by atoms with E-state index in [0.29, 0.717) is 0 Å². The molecular weight excluding hydrogens is 590 g/mol. The second-order valence-corrected chi connectivity index (χ2v) is 12.2. The highest BCUT2D eigenvalue weighted by Crippen LogP contribution is 2.43. The first-order valence-corrected chi connectivity index (χ1v) is 16.1. The van der Waals surface area contributed by atoms with Gasteiger partial charge in [-0.2, -0.15) is 0 Å². The summed E-state index contributed by atoms with van der Waals surface area (Å²) in [6, 6.07) is 52.2. The molecule has 1 N–H and O–H groups in total. The van der Waals surface area contributed by atoms with Gasteiger partial charge in [-0.1, -0.05) is 115 Å². The average Bonchev–Trinajstić information content (AvgIpc) is 3.72. The van der Waals surface area contributed by atoms with Crippen molar-refractivity contribution in [3.63, 3.8) is 0 Å². The Morgan fingerprint density at radius 2 is 1.06 bits per heavy atom. The van der Waals surface area contributed by atoms with E-state index in [1.165, 1.54) is 5.39 Å². The lowest BCUT2D eigenvalue weighted by atomic mass is 9.92. The van der Waals surface area contributed by atoms with Crippen molar-refractivity contribution >= 4 is 66.3 Å². The summed E-state index contributed by atoms with van der Waals surface area (Å²) in [5.74, 6) is 1.54. The minimum absolute atomic E-state index is 0.556. The van der Waals surface area contributed by atoms with Gasteiger partial charge in [0, 0.05) is 38.2 Å². The van der Waals surface area contributed by atoms with Crippen LogP contribution < -0.4 is 5.32 Å². The number of benzene rings is 7. The van der Waals surface area contributed by atoms with Gasteiger partial charge in [0.1, 0.15) is 34.0 Å². The van der Waals surface area contributed by atoms with E-state index < -0.39 is 6.17 Å². The number of aliphatic imine (C=N–C) groups is 2. The van der Waals surface area contributed by atoms with Gasteiger partial charge in [0.15, 0.2) is 6.17 Å². The van der Waals surface area contributed by atoms with Crippen LogP contribution in [-0.2, 0) is 0 Å². The van der Waals surface area contributed by atoms with Crippen LogP contribution in [0.4, 0.5) is 0 Å². The van der Waals surface area contributed by atoms with Crippen LogP contribution in [0.25, 0.3) is 65.8 Å². The molecule has 7 aromatic carbocycles. The highest BCUT2D eigenvalue weighted by atomic mass is 16.3. The van der Waals surface area contributed by atoms with E-state index in [9.17, 15) is 0 Å². The Balaban J connectivity index is 1.26. The first-order valence-electron chi connectivity index (χ1n) is 16.1. The summed E-state index contributed by atoms with van der Waals surface area (Å²) in [5, 5.41) is 10.2. The number of nitrogens with zero attached hydrogens (tertiary/aromatic N) is 2. The lowest BCUT2D eigenvalue weighted by Crippen LogP contribution is -2.36. The number of hydrogen-bond donors (Lipinski definition) is 1. The number of furan rings is 2. The van der Waals surface area contributed by atoms with Gasteiger partial charge in [-0.3, -0.25) is 0 Å². The van der Waals surface area contributed by atoms with Crippen LogP contribution in [0, 0.1) is 0 Å². The second kappa shape index (κ2) is 10.5. The van der Waals surface area contributed by atoms with Gasteiger partial charge in [-0.15, -0.1) is 0 Å². The molecule has 1 aliphatic rings. The van der Waals surface area contributed by atoms with Gasteiger partial charge in [-0.05, 0) is 58.3 Å². The van der Waals surface area contributed by atoms with Crippen LogP contribution in [0.1, 0.15) is 22.9 Å². The van der Waals surface area contributed by atoms with Crippen LogP contribution in [0.5, 0.6) is 0 Å². The highest BCUT2D eigenvalue weighted by molar-refractivity contribution is 6.17. The molecule has 2 aromatic heterocycles. The van der Waals surface area contributed by atoms with E-state index in [4.69, 9.17) is 18.8 Å². The van der Waals surface area contributed by atoms with E-state index in [0.717, 1.165) is 88.8 Å². The third-order valence-corrected chi connectivity index (χ3v) is 9.34. The fourth-order valence-corrected chi connectivity index (χ4v) is 7.06. The Morgan fingerprint density at radius 1 is 0.438 bits per heavy atom. The first-order chi connectivity index (χ1) is 23.8. The Morgan fingerprint density at radius 3 is 1.92 bits per heavy atom. The zero-order chi connectivity index (χ0) is 31.6. The van der Waals surface area contributed by atoms with Gasteiger partial charge in [0.25, 0.3) is 0 Å². The number of amidine groups is 2. The van der Waals surface area contributed by atoms with Crippen molar-refractivity contribution in [2.45, 2.75) is 6.17 Å². The Hall–Kier alpha value is -6.46. The maximum absolute atomic E-state index is 6.43. The molecule has 5 nitrogen and oxygen atoms in total. The molecule has 0 spiro atoms. The van der Waals surface area contributed by atoms with Crippen LogP contribution in [0.15, 0.2) is 170 Å². The molecule has 9 aromatic rings. The summed E-state index contributed by atoms with van der Waals surface area (Å²) in [4.78, 5) is 10.7. The Kier molecular flexibility index (Phi) is 5.87. The lowest BCUT2D eigenvalue weighted by molar-refractivity contribution is 0.667. The predicted octanol–water partition coefficient (Wildman–Crippen LogP) is 10.8. The largest absolute Gasteiger partial charge is 0.456 e. The minimum atomic E-state index is -0.556. The van der Waals surface area contributed by atoms with Gasteiger partial charge < -0.3 is 14.2 Å². The molecule has 0 fully saturated rings. The number of fused-ring (bicyclic) bond motifs is 7. The van der Waals surface area contributed by atoms with Gasteiger partial charge >= 0.3 is 0 Å². The van der Waals surface area contributed by atoms with Crippen molar-refractivity contribution in [3.05, 3.63) is 168 Å².